The van der Waals surface area contributed by atoms with Gasteiger partial charge in [0.05, 0.1) is 12.8 Å². The van der Waals surface area contributed by atoms with Crippen LogP contribution in [0.4, 0.5) is 0 Å². The Morgan fingerprint density at radius 2 is 2.18 bits per heavy atom. The minimum absolute atomic E-state index is 0.0575. The van der Waals surface area contributed by atoms with E-state index in [2.05, 4.69) is 27.9 Å². The summed E-state index contributed by atoms with van der Waals surface area (Å²) in [5, 5.41) is 11.2. The second-order valence-electron chi connectivity index (χ2n) is 3.87. The summed E-state index contributed by atoms with van der Waals surface area (Å²) in [6, 6.07) is 7.31. The number of benzene rings is 1. The normalized spacial score (nSPS) is 11.9. The van der Waals surface area contributed by atoms with Gasteiger partial charge in [-0.05, 0) is 47.2 Å². The van der Waals surface area contributed by atoms with Gasteiger partial charge in [-0.25, -0.2) is 0 Å². The summed E-state index contributed by atoms with van der Waals surface area (Å²) in [5.74, 6) is -1.06. The van der Waals surface area contributed by atoms with Crippen LogP contribution in [0.3, 0.4) is 0 Å². The number of rotatable bonds is 5. The number of amides is 1. The number of carbonyl (C=O) groups excluding carboxylic acids is 1. The lowest BCUT2D eigenvalue weighted by Crippen LogP contribution is -2.35. The van der Waals surface area contributed by atoms with Crippen LogP contribution in [-0.4, -0.2) is 23.0 Å². The molecule has 0 aromatic heterocycles. The molecule has 0 saturated heterocycles. The first-order chi connectivity index (χ1) is 7.97. The number of nitrogens with one attached hydrogen (secondary N) is 1. The van der Waals surface area contributed by atoms with Crippen LogP contribution in [-0.2, 0) is 16.0 Å². The predicted octanol–water partition coefficient (Wildman–Crippen LogP) is 1.81. The minimum atomic E-state index is -0.910. The molecule has 1 amide bonds. The van der Waals surface area contributed by atoms with Crippen molar-refractivity contribution in [2.75, 3.05) is 0 Å². The molecule has 0 aliphatic rings. The van der Waals surface area contributed by atoms with Crippen LogP contribution in [0.15, 0.2) is 24.3 Å². The molecule has 5 heteroatoms. The average Bonchev–Trinajstić information content (AvgIpc) is 2.14. The molecular weight excluding hydrogens is 333 g/mol. The maximum atomic E-state index is 11.6. The van der Waals surface area contributed by atoms with Gasteiger partial charge in [0.1, 0.15) is 0 Å². The zero-order chi connectivity index (χ0) is 12.8. The molecule has 17 heavy (non-hydrogen) atoms. The Labute approximate surface area is 114 Å². The fourth-order valence-electron chi connectivity index (χ4n) is 1.47. The van der Waals surface area contributed by atoms with Crippen molar-refractivity contribution in [2.45, 2.75) is 25.8 Å². The van der Waals surface area contributed by atoms with E-state index in [1.165, 1.54) is 0 Å². The van der Waals surface area contributed by atoms with E-state index in [1.807, 2.05) is 24.3 Å². The smallest absolute Gasteiger partial charge is 0.305 e. The number of carboxylic acids is 1. The summed E-state index contributed by atoms with van der Waals surface area (Å²) in [6.07, 6.45) is 0.221. The highest BCUT2D eigenvalue weighted by Gasteiger charge is 2.11. The van der Waals surface area contributed by atoms with Crippen LogP contribution in [0.5, 0.6) is 0 Å². The van der Waals surface area contributed by atoms with E-state index in [1.54, 1.807) is 6.92 Å². The molecular formula is C12H14INO3. The van der Waals surface area contributed by atoms with E-state index in [4.69, 9.17) is 5.11 Å². The summed E-state index contributed by atoms with van der Waals surface area (Å²) < 4.78 is 1.08. The van der Waals surface area contributed by atoms with Gasteiger partial charge in [0.15, 0.2) is 0 Å². The highest BCUT2D eigenvalue weighted by Crippen LogP contribution is 2.08. The monoisotopic (exact) mass is 347 g/mol. The molecule has 0 aliphatic carbocycles. The number of hydrogen-bond acceptors (Lipinski definition) is 2. The lowest BCUT2D eigenvalue weighted by Gasteiger charge is -2.11. The highest BCUT2D eigenvalue weighted by atomic mass is 127. The fourth-order valence-corrected chi connectivity index (χ4v) is 2.08. The van der Waals surface area contributed by atoms with Gasteiger partial charge in [-0.2, -0.15) is 0 Å². The molecule has 1 atom stereocenters. The van der Waals surface area contributed by atoms with Crippen molar-refractivity contribution in [2.24, 2.45) is 0 Å². The molecule has 0 fully saturated rings. The van der Waals surface area contributed by atoms with Crippen molar-refractivity contribution in [3.63, 3.8) is 0 Å². The summed E-state index contributed by atoms with van der Waals surface area (Å²) in [7, 11) is 0. The Hall–Kier alpha value is -1.11. The molecule has 0 aliphatic heterocycles. The lowest BCUT2D eigenvalue weighted by molar-refractivity contribution is -0.137. The number of aliphatic carboxylic acids is 1. The second-order valence-corrected chi connectivity index (χ2v) is 5.12. The van der Waals surface area contributed by atoms with E-state index in [0.717, 1.165) is 9.13 Å². The van der Waals surface area contributed by atoms with Gasteiger partial charge in [0.2, 0.25) is 5.91 Å². The number of carbonyl (C=O) groups is 2. The SMILES string of the molecule is CC(CC(=O)O)NC(=O)Cc1cccc(I)c1. The maximum absolute atomic E-state index is 11.6. The van der Waals surface area contributed by atoms with Crippen molar-refractivity contribution in [1.29, 1.82) is 0 Å². The topological polar surface area (TPSA) is 66.4 Å². The van der Waals surface area contributed by atoms with Crippen LogP contribution < -0.4 is 5.32 Å². The van der Waals surface area contributed by atoms with E-state index in [9.17, 15) is 9.59 Å². The van der Waals surface area contributed by atoms with Crippen LogP contribution in [0.25, 0.3) is 0 Å². The van der Waals surface area contributed by atoms with Crippen molar-refractivity contribution in [3.05, 3.63) is 33.4 Å². The predicted molar refractivity (Wildman–Crippen MR) is 72.7 cm³/mol. The number of carboxylic acid groups (broad SMARTS) is 1. The average molecular weight is 347 g/mol. The van der Waals surface area contributed by atoms with Crippen LogP contribution in [0, 0.1) is 3.57 Å². The molecule has 2 N–H and O–H groups in total. The van der Waals surface area contributed by atoms with Gasteiger partial charge in [-0.15, -0.1) is 0 Å². The molecule has 1 unspecified atom stereocenters. The first-order valence-corrected chi connectivity index (χ1v) is 6.31. The molecule has 92 valence electrons. The van der Waals surface area contributed by atoms with Crippen molar-refractivity contribution < 1.29 is 14.7 Å². The molecule has 4 nitrogen and oxygen atoms in total. The Morgan fingerprint density at radius 3 is 2.76 bits per heavy atom. The Bertz CT molecular complexity index is 420. The summed E-state index contributed by atoms with van der Waals surface area (Å²) in [5.41, 5.74) is 0.928. The molecule has 0 spiro atoms. The number of hydrogen-bond donors (Lipinski definition) is 2. The van der Waals surface area contributed by atoms with Gasteiger partial charge >= 0.3 is 5.97 Å². The van der Waals surface area contributed by atoms with Gasteiger partial charge in [-0.1, -0.05) is 12.1 Å². The molecule has 0 saturated carbocycles. The Balaban J connectivity index is 2.47. The van der Waals surface area contributed by atoms with Gasteiger partial charge in [0.25, 0.3) is 0 Å². The third kappa shape index (κ3) is 5.67. The Morgan fingerprint density at radius 1 is 1.47 bits per heavy atom. The van der Waals surface area contributed by atoms with E-state index < -0.39 is 5.97 Å². The van der Waals surface area contributed by atoms with Crippen LogP contribution in [0.1, 0.15) is 18.9 Å². The molecule has 1 rings (SSSR count). The fraction of sp³-hybridized carbons (Fsp3) is 0.333. The Kier molecular flexibility index (Phi) is 5.40. The van der Waals surface area contributed by atoms with Gasteiger partial charge in [0, 0.05) is 9.61 Å². The van der Waals surface area contributed by atoms with Crippen molar-refractivity contribution in [3.8, 4) is 0 Å². The van der Waals surface area contributed by atoms with Gasteiger partial charge < -0.3 is 10.4 Å². The van der Waals surface area contributed by atoms with Crippen LogP contribution >= 0.6 is 22.6 Å². The first-order valence-electron chi connectivity index (χ1n) is 5.23. The molecule has 1 aromatic rings. The van der Waals surface area contributed by atoms with E-state index in [-0.39, 0.29) is 24.8 Å². The summed E-state index contributed by atoms with van der Waals surface area (Å²) in [4.78, 5) is 22.1. The number of halogens is 1. The highest BCUT2D eigenvalue weighted by molar-refractivity contribution is 14.1. The summed E-state index contributed by atoms with van der Waals surface area (Å²) >= 11 is 2.18. The van der Waals surface area contributed by atoms with Gasteiger partial charge in [-0.3, -0.25) is 9.59 Å². The van der Waals surface area contributed by atoms with Crippen molar-refractivity contribution in [1.82, 2.24) is 5.32 Å². The zero-order valence-corrected chi connectivity index (χ0v) is 11.6. The van der Waals surface area contributed by atoms with E-state index >= 15 is 0 Å². The first kappa shape index (κ1) is 14.0. The molecule has 1 aromatic carbocycles. The zero-order valence-electron chi connectivity index (χ0n) is 9.44. The van der Waals surface area contributed by atoms with E-state index in [0.29, 0.717) is 0 Å². The molecule has 0 radical (unpaired) electrons. The third-order valence-electron chi connectivity index (χ3n) is 2.14. The quantitative estimate of drug-likeness (QED) is 0.799. The second kappa shape index (κ2) is 6.58. The molecule has 0 heterocycles. The van der Waals surface area contributed by atoms with Crippen LogP contribution in [0.2, 0.25) is 0 Å². The lowest BCUT2D eigenvalue weighted by atomic mass is 10.1. The van der Waals surface area contributed by atoms with Crippen molar-refractivity contribution >= 4 is 34.5 Å². The summed E-state index contributed by atoms with van der Waals surface area (Å²) in [6.45, 7) is 1.68. The standard InChI is InChI=1S/C12H14INO3/c1-8(5-12(16)17)14-11(15)7-9-3-2-4-10(13)6-9/h2-4,6,8H,5,7H2,1H3,(H,14,15)(H,16,17). The maximum Gasteiger partial charge on any atom is 0.305 e. The largest absolute Gasteiger partial charge is 0.481 e. The minimum Gasteiger partial charge on any atom is -0.481 e. The third-order valence-corrected chi connectivity index (χ3v) is 2.81. The molecule has 0 bridgehead atoms.